The monoisotopic (exact) mass is 470 g/mol. The molecule has 0 radical (unpaired) electrons. The van der Waals surface area contributed by atoms with Crippen molar-refractivity contribution in [3.05, 3.63) is 58.9 Å². The van der Waals surface area contributed by atoms with E-state index >= 15 is 0 Å². The number of amides is 1. The first-order valence-corrected chi connectivity index (χ1v) is 9.39. The van der Waals surface area contributed by atoms with Crippen LogP contribution in [0.1, 0.15) is 35.6 Å². The Kier molecular flexibility index (Phi) is 6.05. The van der Waals surface area contributed by atoms with Crippen LogP contribution in [0, 0.1) is 11.6 Å². The van der Waals surface area contributed by atoms with Crippen LogP contribution in [-0.4, -0.2) is 27.8 Å². The minimum Gasteiger partial charge on any atom is -0.497 e. The SMILES string of the molecule is COc1ccc(-c2nnc(C(C)(C)Oc3c(F)cc(C(N)=O)cc3F)n2C)c(C(F)(F)F)c1. The van der Waals surface area contributed by atoms with Crippen molar-refractivity contribution in [3.63, 3.8) is 0 Å². The molecule has 3 aromatic rings. The zero-order chi connectivity index (χ0) is 24.7. The number of alkyl halides is 3. The lowest BCUT2D eigenvalue weighted by Crippen LogP contribution is -2.30. The van der Waals surface area contributed by atoms with Crippen molar-refractivity contribution in [2.24, 2.45) is 12.8 Å². The van der Waals surface area contributed by atoms with Gasteiger partial charge in [-0.05, 0) is 44.2 Å². The molecule has 0 spiro atoms. The van der Waals surface area contributed by atoms with E-state index in [1.54, 1.807) is 0 Å². The molecule has 0 saturated carbocycles. The summed E-state index contributed by atoms with van der Waals surface area (Å²) in [4.78, 5) is 11.2. The van der Waals surface area contributed by atoms with E-state index in [0.717, 1.165) is 6.07 Å². The van der Waals surface area contributed by atoms with Gasteiger partial charge in [-0.1, -0.05) is 0 Å². The van der Waals surface area contributed by atoms with Crippen LogP contribution in [0.3, 0.4) is 0 Å². The number of hydrogen-bond acceptors (Lipinski definition) is 5. The van der Waals surface area contributed by atoms with Gasteiger partial charge in [-0.3, -0.25) is 4.79 Å². The second kappa shape index (κ2) is 8.34. The molecule has 0 aliphatic heterocycles. The topological polar surface area (TPSA) is 92.3 Å². The Balaban J connectivity index is 2.05. The number of methoxy groups -OCH3 is 1. The van der Waals surface area contributed by atoms with Crippen LogP contribution in [0.5, 0.6) is 11.5 Å². The Morgan fingerprint density at radius 3 is 2.18 bits per heavy atom. The fourth-order valence-electron chi connectivity index (χ4n) is 3.27. The summed E-state index contributed by atoms with van der Waals surface area (Å²) in [5.41, 5.74) is 1.83. The summed E-state index contributed by atoms with van der Waals surface area (Å²) in [7, 11) is 2.63. The van der Waals surface area contributed by atoms with E-state index in [-0.39, 0.29) is 23.0 Å². The van der Waals surface area contributed by atoms with Crippen LogP contribution in [-0.2, 0) is 18.8 Å². The zero-order valence-electron chi connectivity index (χ0n) is 17.9. The van der Waals surface area contributed by atoms with Gasteiger partial charge < -0.3 is 19.8 Å². The third-order valence-electron chi connectivity index (χ3n) is 4.83. The summed E-state index contributed by atoms with van der Waals surface area (Å²) >= 11 is 0. The van der Waals surface area contributed by atoms with Gasteiger partial charge in [-0.2, -0.15) is 13.2 Å². The molecule has 1 aromatic heterocycles. The van der Waals surface area contributed by atoms with Crippen molar-refractivity contribution in [1.29, 1.82) is 0 Å². The van der Waals surface area contributed by atoms with Gasteiger partial charge in [-0.15, -0.1) is 10.2 Å². The highest BCUT2D eigenvalue weighted by Crippen LogP contribution is 2.39. The summed E-state index contributed by atoms with van der Waals surface area (Å²) in [6.45, 7) is 2.81. The quantitative estimate of drug-likeness (QED) is 0.546. The number of halogens is 5. The Labute approximate surface area is 184 Å². The van der Waals surface area contributed by atoms with E-state index in [0.29, 0.717) is 12.1 Å². The van der Waals surface area contributed by atoms with Crippen molar-refractivity contribution < 1.29 is 36.2 Å². The van der Waals surface area contributed by atoms with Gasteiger partial charge in [0.1, 0.15) is 5.75 Å². The molecule has 176 valence electrons. The van der Waals surface area contributed by atoms with E-state index in [1.807, 2.05) is 0 Å². The number of primary amides is 1. The van der Waals surface area contributed by atoms with Crippen molar-refractivity contribution in [3.8, 4) is 22.9 Å². The summed E-state index contributed by atoms with van der Waals surface area (Å²) < 4.78 is 81.3. The van der Waals surface area contributed by atoms with Crippen LogP contribution >= 0.6 is 0 Å². The molecule has 7 nitrogen and oxygen atoms in total. The lowest BCUT2D eigenvalue weighted by molar-refractivity contribution is -0.137. The average Bonchev–Trinajstić information content (AvgIpc) is 3.11. The summed E-state index contributed by atoms with van der Waals surface area (Å²) in [5.74, 6) is -4.38. The van der Waals surface area contributed by atoms with Crippen LogP contribution in [0.2, 0.25) is 0 Å². The zero-order valence-corrected chi connectivity index (χ0v) is 17.9. The maximum atomic E-state index is 14.4. The number of ether oxygens (including phenoxy) is 2. The molecule has 33 heavy (non-hydrogen) atoms. The minimum atomic E-state index is -4.71. The Morgan fingerprint density at radius 1 is 1.06 bits per heavy atom. The minimum absolute atomic E-state index is 0.00230. The molecule has 2 N–H and O–H groups in total. The van der Waals surface area contributed by atoms with Gasteiger partial charge in [-0.25, -0.2) is 8.78 Å². The number of rotatable bonds is 6. The molecule has 0 aliphatic rings. The largest absolute Gasteiger partial charge is 0.497 e. The van der Waals surface area contributed by atoms with Gasteiger partial charge in [0.15, 0.2) is 34.6 Å². The summed E-state index contributed by atoms with van der Waals surface area (Å²) in [6, 6.07) is 4.78. The second-order valence-corrected chi connectivity index (χ2v) is 7.56. The first kappa shape index (κ1) is 24.0. The summed E-state index contributed by atoms with van der Waals surface area (Å²) in [5, 5.41) is 7.75. The molecule has 0 bridgehead atoms. The Bertz CT molecular complexity index is 1200. The predicted octanol–water partition coefficient (Wildman–Crippen LogP) is 4.20. The van der Waals surface area contributed by atoms with Crippen LogP contribution in [0.4, 0.5) is 22.0 Å². The van der Waals surface area contributed by atoms with E-state index in [2.05, 4.69) is 10.2 Å². The number of benzene rings is 2. The van der Waals surface area contributed by atoms with Crippen LogP contribution < -0.4 is 15.2 Å². The maximum Gasteiger partial charge on any atom is 0.417 e. The number of nitrogens with two attached hydrogens (primary N) is 1. The van der Waals surface area contributed by atoms with E-state index in [9.17, 15) is 26.7 Å². The predicted molar refractivity (Wildman–Crippen MR) is 107 cm³/mol. The van der Waals surface area contributed by atoms with Gasteiger partial charge in [0.05, 0.1) is 12.7 Å². The number of carbonyl (C=O) groups is 1. The highest BCUT2D eigenvalue weighted by Gasteiger charge is 2.37. The molecule has 1 heterocycles. The molecule has 2 aromatic carbocycles. The number of hydrogen-bond donors (Lipinski definition) is 1. The Hall–Kier alpha value is -3.70. The normalized spacial score (nSPS) is 12.0. The van der Waals surface area contributed by atoms with Crippen LogP contribution in [0.25, 0.3) is 11.4 Å². The van der Waals surface area contributed by atoms with E-state index in [1.165, 1.54) is 44.7 Å². The van der Waals surface area contributed by atoms with Crippen molar-refractivity contribution >= 4 is 5.91 Å². The van der Waals surface area contributed by atoms with Gasteiger partial charge in [0, 0.05) is 18.2 Å². The molecule has 1 amide bonds. The molecule has 0 saturated heterocycles. The standard InChI is InChI=1S/C21H19F5N4O3/c1-20(2,33-16-14(22)7-10(17(27)31)8-15(16)23)19-29-28-18(30(19)3)12-6-5-11(32-4)9-13(12)21(24,25)26/h5-9H,1-4H3,(H2,27,31). The average molecular weight is 470 g/mol. The number of aromatic nitrogens is 3. The molecule has 0 fully saturated rings. The maximum absolute atomic E-state index is 14.4. The molecule has 12 heteroatoms. The van der Waals surface area contributed by atoms with Crippen molar-refractivity contribution in [2.45, 2.75) is 25.6 Å². The molecular weight excluding hydrogens is 451 g/mol. The fourth-order valence-corrected chi connectivity index (χ4v) is 3.27. The number of carbonyl (C=O) groups excluding carboxylic acids is 1. The van der Waals surface area contributed by atoms with Crippen LogP contribution in [0.15, 0.2) is 30.3 Å². The first-order chi connectivity index (χ1) is 15.3. The third-order valence-corrected chi connectivity index (χ3v) is 4.83. The first-order valence-electron chi connectivity index (χ1n) is 9.39. The highest BCUT2D eigenvalue weighted by molar-refractivity contribution is 5.92. The lowest BCUT2D eigenvalue weighted by Gasteiger charge is -2.26. The second-order valence-electron chi connectivity index (χ2n) is 7.56. The van der Waals surface area contributed by atoms with Crippen molar-refractivity contribution in [1.82, 2.24) is 14.8 Å². The molecule has 0 aliphatic carbocycles. The molecule has 3 rings (SSSR count). The lowest BCUT2D eigenvalue weighted by atomic mass is 10.0. The highest BCUT2D eigenvalue weighted by atomic mass is 19.4. The smallest absolute Gasteiger partial charge is 0.417 e. The van der Waals surface area contributed by atoms with Gasteiger partial charge in [0.2, 0.25) is 5.91 Å². The van der Waals surface area contributed by atoms with E-state index < -0.39 is 46.2 Å². The Morgan fingerprint density at radius 2 is 1.67 bits per heavy atom. The van der Waals surface area contributed by atoms with Crippen molar-refractivity contribution in [2.75, 3.05) is 7.11 Å². The summed E-state index contributed by atoms with van der Waals surface area (Å²) in [6.07, 6.45) is -4.71. The number of nitrogens with zero attached hydrogens (tertiary/aromatic N) is 3. The van der Waals surface area contributed by atoms with Gasteiger partial charge in [0.25, 0.3) is 0 Å². The molecule has 0 unspecified atom stereocenters. The third kappa shape index (κ3) is 4.59. The molecule has 0 atom stereocenters. The van der Waals surface area contributed by atoms with Gasteiger partial charge >= 0.3 is 6.18 Å². The fraction of sp³-hybridized carbons (Fsp3) is 0.286. The molecular formula is C21H19F5N4O3. The van der Waals surface area contributed by atoms with E-state index in [4.69, 9.17) is 15.2 Å².